The minimum Gasteiger partial charge on any atom is -0.491 e. The standard InChI is InChI=1S/C27H38N4O5S/c1-18-14-31(16-25-28-9-12-37-25)19(2)17-36-23-6-5-21(29-26(32)20-7-10-35-11-8-20)13-22(23)27(33)30(3)15-24(18)34-4/h5-6,9,12-13,18-20,24H,7-8,10-11,14-17H2,1-4H3,(H,29,32)/t18-,19+,24-/m1/s1. The van der Waals surface area contributed by atoms with Gasteiger partial charge in [-0.05, 0) is 43.9 Å². The number of nitrogens with zero attached hydrogens (tertiary/aromatic N) is 3. The first kappa shape index (κ1) is 27.5. The highest BCUT2D eigenvalue weighted by atomic mass is 32.1. The Labute approximate surface area is 223 Å². The van der Waals surface area contributed by atoms with E-state index in [9.17, 15) is 9.59 Å². The van der Waals surface area contributed by atoms with Crippen LogP contribution in [0.25, 0.3) is 0 Å². The second kappa shape index (κ2) is 12.8. The van der Waals surface area contributed by atoms with E-state index in [-0.39, 0.29) is 35.8 Å². The van der Waals surface area contributed by atoms with Gasteiger partial charge in [0.05, 0.1) is 18.2 Å². The highest BCUT2D eigenvalue weighted by molar-refractivity contribution is 7.09. The molecule has 2 amide bonds. The monoisotopic (exact) mass is 530 g/mol. The highest BCUT2D eigenvalue weighted by Gasteiger charge is 2.29. The van der Waals surface area contributed by atoms with Crippen molar-refractivity contribution in [3.63, 3.8) is 0 Å². The number of aromatic nitrogens is 1. The third-order valence-electron chi connectivity index (χ3n) is 7.26. The van der Waals surface area contributed by atoms with Crippen molar-refractivity contribution in [3.8, 4) is 5.75 Å². The molecule has 3 atom stereocenters. The second-order valence-corrected chi connectivity index (χ2v) is 11.0. The SMILES string of the molecule is CO[C@@H]1CN(C)C(=O)c2cc(NC(=O)C3CCOCC3)ccc2OC[C@H](C)N(Cc2nccs2)C[C@H]1C. The highest BCUT2D eigenvalue weighted by Crippen LogP contribution is 2.28. The van der Waals surface area contributed by atoms with E-state index in [1.807, 2.05) is 11.6 Å². The zero-order valence-electron chi connectivity index (χ0n) is 22.1. The van der Waals surface area contributed by atoms with Crippen LogP contribution in [0, 0.1) is 11.8 Å². The molecule has 1 aromatic heterocycles. The summed E-state index contributed by atoms with van der Waals surface area (Å²) in [5, 5.41) is 6.03. The van der Waals surface area contributed by atoms with Gasteiger partial charge in [-0.1, -0.05) is 6.92 Å². The number of thiazole rings is 1. The van der Waals surface area contributed by atoms with Gasteiger partial charge in [0.25, 0.3) is 5.91 Å². The topological polar surface area (TPSA) is 93.2 Å². The van der Waals surface area contributed by atoms with Crippen LogP contribution in [0.2, 0.25) is 0 Å². The molecule has 1 N–H and O–H groups in total. The van der Waals surface area contributed by atoms with Crippen molar-refractivity contribution in [2.75, 3.05) is 52.4 Å². The number of fused-ring (bicyclic) bond motifs is 1. The van der Waals surface area contributed by atoms with E-state index < -0.39 is 0 Å². The Morgan fingerprint density at radius 3 is 2.73 bits per heavy atom. The lowest BCUT2D eigenvalue weighted by molar-refractivity contribution is -0.122. The normalized spacial score (nSPS) is 24.5. The number of methoxy groups -OCH3 is 1. The molecule has 1 aromatic carbocycles. The number of hydrogen-bond acceptors (Lipinski definition) is 8. The summed E-state index contributed by atoms with van der Waals surface area (Å²) in [5.41, 5.74) is 1.01. The molecule has 2 aromatic rings. The van der Waals surface area contributed by atoms with Crippen molar-refractivity contribution in [2.45, 2.75) is 45.4 Å². The van der Waals surface area contributed by atoms with Gasteiger partial charge in [0, 0.05) is 69.7 Å². The van der Waals surface area contributed by atoms with Crippen LogP contribution in [0.15, 0.2) is 29.8 Å². The Balaban J connectivity index is 1.59. The maximum atomic E-state index is 13.6. The number of carbonyl (C=O) groups excluding carboxylic acids is 2. The number of benzene rings is 1. The third-order valence-corrected chi connectivity index (χ3v) is 8.02. The predicted molar refractivity (Wildman–Crippen MR) is 143 cm³/mol. The number of anilines is 1. The number of nitrogens with one attached hydrogen (secondary N) is 1. The molecule has 0 bridgehead atoms. The number of likely N-dealkylation sites (N-methyl/N-ethyl adjacent to an activating group) is 1. The van der Waals surface area contributed by atoms with Crippen molar-refractivity contribution >= 4 is 28.8 Å². The van der Waals surface area contributed by atoms with Gasteiger partial charge in [0.1, 0.15) is 17.4 Å². The second-order valence-electron chi connectivity index (χ2n) is 10.0. The zero-order valence-corrected chi connectivity index (χ0v) is 23.0. The third kappa shape index (κ3) is 7.07. The molecule has 9 nitrogen and oxygen atoms in total. The minimum absolute atomic E-state index is 0.0437. The summed E-state index contributed by atoms with van der Waals surface area (Å²) in [6.07, 6.45) is 3.09. The molecule has 37 heavy (non-hydrogen) atoms. The maximum absolute atomic E-state index is 13.6. The van der Waals surface area contributed by atoms with E-state index in [1.54, 1.807) is 48.6 Å². The fourth-order valence-electron chi connectivity index (χ4n) is 4.86. The average molecular weight is 531 g/mol. The first-order valence-electron chi connectivity index (χ1n) is 12.9. The molecular weight excluding hydrogens is 492 g/mol. The first-order chi connectivity index (χ1) is 17.9. The fraction of sp³-hybridized carbons (Fsp3) is 0.593. The van der Waals surface area contributed by atoms with Gasteiger partial charge in [0.2, 0.25) is 5.91 Å². The Morgan fingerprint density at radius 1 is 1.24 bits per heavy atom. The Bertz CT molecular complexity index is 1040. The van der Waals surface area contributed by atoms with Gasteiger partial charge in [-0.25, -0.2) is 4.98 Å². The fourth-order valence-corrected chi connectivity index (χ4v) is 5.50. The van der Waals surface area contributed by atoms with Gasteiger partial charge in [-0.3, -0.25) is 14.5 Å². The minimum atomic E-state index is -0.167. The van der Waals surface area contributed by atoms with Gasteiger partial charge in [0.15, 0.2) is 0 Å². The summed E-state index contributed by atoms with van der Waals surface area (Å²) >= 11 is 1.64. The molecule has 0 aliphatic carbocycles. The van der Waals surface area contributed by atoms with Crippen LogP contribution in [-0.4, -0.2) is 85.8 Å². The quantitative estimate of drug-likeness (QED) is 0.632. The molecule has 2 aliphatic heterocycles. The van der Waals surface area contributed by atoms with E-state index in [2.05, 4.69) is 29.0 Å². The zero-order chi connectivity index (χ0) is 26.4. The molecule has 1 saturated heterocycles. The Morgan fingerprint density at radius 2 is 2.03 bits per heavy atom. The predicted octanol–water partition coefficient (Wildman–Crippen LogP) is 3.51. The smallest absolute Gasteiger partial charge is 0.257 e. The summed E-state index contributed by atoms with van der Waals surface area (Å²) in [7, 11) is 3.47. The molecule has 0 spiro atoms. The number of rotatable bonds is 5. The first-order valence-corrected chi connectivity index (χ1v) is 13.8. The van der Waals surface area contributed by atoms with Gasteiger partial charge >= 0.3 is 0 Å². The van der Waals surface area contributed by atoms with Gasteiger partial charge in [-0.2, -0.15) is 0 Å². The molecule has 0 unspecified atom stereocenters. The maximum Gasteiger partial charge on any atom is 0.257 e. The van der Waals surface area contributed by atoms with Crippen molar-refractivity contribution in [2.24, 2.45) is 11.8 Å². The summed E-state index contributed by atoms with van der Waals surface area (Å²) < 4.78 is 17.5. The van der Waals surface area contributed by atoms with Crippen LogP contribution in [0.5, 0.6) is 5.75 Å². The largest absolute Gasteiger partial charge is 0.491 e. The summed E-state index contributed by atoms with van der Waals surface area (Å²) in [6, 6.07) is 5.38. The average Bonchev–Trinajstić information content (AvgIpc) is 3.42. The van der Waals surface area contributed by atoms with Crippen LogP contribution in [0.4, 0.5) is 5.69 Å². The molecule has 0 saturated carbocycles. The molecule has 4 rings (SSSR count). The number of carbonyl (C=O) groups is 2. The van der Waals surface area contributed by atoms with Crippen molar-refractivity contribution in [1.82, 2.24) is 14.8 Å². The van der Waals surface area contributed by atoms with Gasteiger partial charge in [-0.15, -0.1) is 11.3 Å². The lowest BCUT2D eigenvalue weighted by Gasteiger charge is -2.35. The van der Waals surface area contributed by atoms with Crippen LogP contribution in [-0.2, 0) is 20.8 Å². The molecule has 0 radical (unpaired) electrons. The van der Waals surface area contributed by atoms with Crippen molar-refractivity contribution < 1.29 is 23.8 Å². The molecule has 2 aliphatic rings. The van der Waals surface area contributed by atoms with E-state index in [0.29, 0.717) is 56.2 Å². The lowest BCUT2D eigenvalue weighted by atomic mass is 9.99. The van der Waals surface area contributed by atoms with E-state index in [0.717, 1.165) is 18.1 Å². The van der Waals surface area contributed by atoms with Crippen LogP contribution >= 0.6 is 11.3 Å². The molecule has 1 fully saturated rings. The van der Waals surface area contributed by atoms with Crippen molar-refractivity contribution in [1.29, 1.82) is 0 Å². The molecule has 3 heterocycles. The van der Waals surface area contributed by atoms with E-state index in [4.69, 9.17) is 14.2 Å². The number of ether oxygens (including phenoxy) is 3. The Hall–Kier alpha value is -2.53. The van der Waals surface area contributed by atoms with Gasteiger partial charge < -0.3 is 24.4 Å². The molecule has 202 valence electrons. The van der Waals surface area contributed by atoms with Crippen LogP contribution in [0.3, 0.4) is 0 Å². The number of amides is 2. The van der Waals surface area contributed by atoms with E-state index in [1.165, 1.54) is 0 Å². The van der Waals surface area contributed by atoms with Crippen molar-refractivity contribution in [3.05, 3.63) is 40.3 Å². The van der Waals surface area contributed by atoms with Crippen LogP contribution in [0.1, 0.15) is 42.1 Å². The molecular formula is C27H38N4O5S. The molecule has 10 heteroatoms. The summed E-state index contributed by atoms with van der Waals surface area (Å²) in [4.78, 5) is 34.9. The van der Waals surface area contributed by atoms with E-state index >= 15 is 0 Å². The Kier molecular flexibility index (Phi) is 9.53. The lowest BCUT2D eigenvalue weighted by Crippen LogP contribution is -2.46. The summed E-state index contributed by atoms with van der Waals surface area (Å²) in [5.74, 6) is 0.381. The summed E-state index contributed by atoms with van der Waals surface area (Å²) in [6.45, 7) is 7.83. The number of hydrogen-bond donors (Lipinski definition) is 1. The van der Waals surface area contributed by atoms with Crippen LogP contribution < -0.4 is 10.1 Å².